The summed E-state index contributed by atoms with van der Waals surface area (Å²) in [6.07, 6.45) is 4.87. The number of hydrogen-bond donors (Lipinski definition) is 1. The minimum atomic E-state index is 1.05. The van der Waals surface area contributed by atoms with E-state index in [4.69, 9.17) is 0 Å². The summed E-state index contributed by atoms with van der Waals surface area (Å²) in [5, 5.41) is 5.79. The zero-order valence-corrected chi connectivity index (χ0v) is 15.4. The molecule has 24 heavy (non-hydrogen) atoms. The van der Waals surface area contributed by atoms with Gasteiger partial charge in [0, 0.05) is 18.9 Å². The fourth-order valence-corrected chi connectivity index (χ4v) is 2.45. The minimum Gasteiger partial charge on any atom is -0.312 e. The lowest BCUT2D eigenvalue weighted by molar-refractivity contribution is 0.644. The fourth-order valence-electron chi connectivity index (χ4n) is 2.45. The summed E-state index contributed by atoms with van der Waals surface area (Å²) in [5.41, 5.74) is 2.98. The van der Waals surface area contributed by atoms with Gasteiger partial charge in [-0.05, 0) is 40.9 Å². The molecule has 128 valence electrons. The molecule has 0 spiro atoms. The Bertz CT molecular complexity index is 602. The van der Waals surface area contributed by atoms with E-state index in [0.717, 1.165) is 13.1 Å². The van der Waals surface area contributed by atoms with Crippen LogP contribution >= 0.6 is 0 Å². The van der Waals surface area contributed by atoms with Crippen LogP contribution in [0.4, 0.5) is 0 Å². The van der Waals surface area contributed by atoms with E-state index in [2.05, 4.69) is 46.7 Å². The van der Waals surface area contributed by atoms with Crippen LogP contribution in [0.15, 0.2) is 67.0 Å². The van der Waals surface area contributed by atoms with E-state index in [1.54, 1.807) is 0 Å². The smallest absolute Gasteiger partial charge is 0.0346 e. The second-order valence-corrected chi connectivity index (χ2v) is 4.92. The van der Waals surface area contributed by atoms with E-state index in [9.17, 15) is 0 Å². The van der Waals surface area contributed by atoms with Crippen molar-refractivity contribution in [1.29, 1.82) is 0 Å². The summed E-state index contributed by atoms with van der Waals surface area (Å²) in [6.45, 7) is 10.2. The highest BCUT2D eigenvalue weighted by molar-refractivity contribution is 5.80. The maximum absolute atomic E-state index is 4.01. The first kappa shape index (κ1) is 19.9. The molecule has 1 aliphatic heterocycles. The van der Waals surface area contributed by atoms with E-state index in [1.165, 1.54) is 28.3 Å². The molecule has 2 heterocycles. The molecule has 0 fully saturated rings. The second-order valence-electron chi connectivity index (χ2n) is 4.92. The third-order valence-corrected chi connectivity index (χ3v) is 3.55. The lowest BCUT2D eigenvalue weighted by Gasteiger charge is -2.15. The molecule has 0 bridgehead atoms. The van der Waals surface area contributed by atoms with Crippen molar-refractivity contribution >= 4 is 10.8 Å². The summed E-state index contributed by atoms with van der Waals surface area (Å²) in [4.78, 5) is 4.01. The Balaban J connectivity index is 0.000000199. The van der Waals surface area contributed by atoms with Gasteiger partial charge >= 0.3 is 0 Å². The van der Waals surface area contributed by atoms with Crippen molar-refractivity contribution in [3.05, 3.63) is 78.1 Å². The van der Waals surface area contributed by atoms with Gasteiger partial charge < -0.3 is 5.32 Å². The van der Waals surface area contributed by atoms with Gasteiger partial charge in [0.05, 0.1) is 0 Å². The fraction of sp³-hybridized carbons (Fsp3) is 0.318. The minimum absolute atomic E-state index is 1.05. The molecule has 2 nitrogen and oxygen atoms in total. The first-order chi connectivity index (χ1) is 11.9. The monoisotopic (exact) mass is 322 g/mol. The number of aromatic nitrogens is 1. The number of pyridine rings is 1. The Hall–Kier alpha value is -2.19. The van der Waals surface area contributed by atoms with Gasteiger partial charge in [0.1, 0.15) is 0 Å². The molecular weight excluding hydrogens is 292 g/mol. The average Bonchev–Trinajstić information content (AvgIpc) is 2.72. The van der Waals surface area contributed by atoms with Crippen LogP contribution in [0.5, 0.6) is 0 Å². The maximum Gasteiger partial charge on any atom is 0.0346 e. The van der Waals surface area contributed by atoms with Crippen molar-refractivity contribution < 1.29 is 0 Å². The van der Waals surface area contributed by atoms with Gasteiger partial charge in [0.2, 0.25) is 0 Å². The van der Waals surface area contributed by atoms with Crippen molar-refractivity contribution in [3.8, 4) is 0 Å². The van der Waals surface area contributed by atoms with E-state index in [0.29, 0.717) is 0 Å². The largest absolute Gasteiger partial charge is 0.312 e. The Morgan fingerprint density at radius 3 is 2.04 bits per heavy atom. The SMILES string of the molecule is CC.CC.c1ccc2c(c1)CCNC2.c1ccc2cnccc2c1. The van der Waals surface area contributed by atoms with Gasteiger partial charge in [-0.3, -0.25) is 4.98 Å². The second kappa shape index (κ2) is 12.3. The average molecular weight is 322 g/mol. The summed E-state index contributed by atoms with van der Waals surface area (Å²) in [6, 6.07) is 18.8. The zero-order chi connectivity index (χ0) is 17.6. The topological polar surface area (TPSA) is 24.9 Å². The summed E-state index contributed by atoms with van der Waals surface area (Å²) < 4.78 is 0. The number of nitrogens with zero attached hydrogens (tertiary/aromatic N) is 1. The van der Waals surface area contributed by atoms with Gasteiger partial charge in [-0.25, -0.2) is 0 Å². The lowest BCUT2D eigenvalue weighted by atomic mass is 10.0. The summed E-state index contributed by atoms with van der Waals surface area (Å²) in [5.74, 6) is 0. The molecule has 2 aromatic carbocycles. The van der Waals surface area contributed by atoms with Crippen molar-refractivity contribution in [2.75, 3.05) is 6.54 Å². The number of nitrogens with one attached hydrogen (secondary N) is 1. The molecule has 2 heteroatoms. The lowest BCUT2D eigenvalue weighted by Crippen LogP contribution is -2.23. The highest BCUT2D eigenvalue weighted by Crippen LogP contribution is 2.11. The summed E-state index contributed by atoms with van der Waals surface area (Å²) in [7, 11) is 0. The Kier molecular flexibility index (Phi) is 10.1. The summed E-state index contributed by atoms with van der Waals surface area (Å²) >= 11 is 0. The van der Waals surface area contributed by atoms with E-state index in [-0.39, 0.29) is 0 Å². The van der Waals surface area contributed by atoms with E-state index >= 15 is 0 Å². The van der Waals surface area contributed by atoms with Gasteiger partial charge in [0.15, 0.2) is 0 Å². The zero-order valence-electron chi connectivity index (χ0n) is 15.4. The molecule has 0 unspecified atom stereocenters. The van der Waals surface area contributed by atoms with Crippen LogP contribution in [-0.2, 0) is 13.0 Å². The molecule has 1 aliphatic rings. The molecular formula is C22H30N2. The van der Waals surface area contributed by atoms with Crippen LogP contribution in [0.1, 0.15) is 38.8 Å². The van der Waals surface area contributed by atoms with Crippen LogP contribution in [0.3, 0.4) is 0 Å². The number of rotatable bonds is 0. The Morgan fingerprint density at radius 2 is 1.38 bits per heavy atom. The van der Waals surface area contributed by atoms with Crippen molar-refractivity contribution in [3.63, 3.8) is 0 Å². The van der Waals surface area contributed by atoms with E-state index < -0.39 is 0 Å². The molecule has 0 amide bonds. The van der Waals surface area contributed by atoms with Gasteiger partial charge in [0.25, 0.3) is 0 Å². The van der Waals surface area contributed by atoms with Gasteiger partial charge in [-0.15, -0.1) is 0 Å². The van der Waals surface area contributed by atoms with Crippen molar-refractivity contribution in [2.45, 2.75) is 40.7 Å². The highest BCUT2D eigenvalue weighted by Gasteiger charge is 2.05. The van der Waals surface area contributed by atoms with Crippen molar-refractivity contribution in [1.82, 2.24) is 10.3 Å². The van der Waals surface area contributed by atoms with Crippen LogP contribution in [0, 0.1) is 0 Å². The molecule has 0 saturated carbocycles. The molecule has 0 aliphatic carbocycles. The normalized spacial score (nSPS) is 11.5. The van der Waals surface area contributed by atoms with Crippen LogP contribution < -0.4 is 5.32 Å². The molecule has 0 saturated heterocycles. The molecule has 4 rings (SSSR count). The maximum atomic E-state index is 4.01. The third-order valence-electron chi connectivity index (χ3n) is 3.55. The van der Waals surface area contributed by atoms with Crippen LogP contribution in [0.2, 0.25) is 0 Å². The standard InChI is InChI=1S/C9H11N.C9H7N.2C2H6/c2*1-2-4-9-7-10-6-5-8(9)3-1;2*1-2/h1-4,10H,5-7H2;1-7H;2*1-2H3. The van der Waals surface area contributed by atoms with Gasteiger partial charge in [-0.1, -0.05) is 76.2 Å². The van der Waals surface area contributed by atoms with Crippen molar-refractivity contribution in [2.24, 2.45) is 0 Å². The molecule has 3 aromatic rings. The Morgan fingerprint density at radius 1 is 0.750 bits per heavy atom. The molecule has 0 radical (unpaired) electrons. The highest BCUT2D eigenvalue weighted by atomic mass is 14.9. The van der Waals surface area contributed by atoms with E-state index in [1.807, 2.05) is 58.3 Å². The Labute approximate surface area is 147 Å². The first-order valence-corrected chi connectivity index (χ1v) is 9.00. The quantitative estimate of drug-likeness (QED) is 0.581. The third kappa shape index (κ3) is 6.13. The molecule has 0 atom stereocenters. The number of benzene rings is 2. The molecule has 1 N–H and O–H groups in total. The first-order valence-electron chi connectivity index (χ1n) is 9.00. The molecule has 1 aromatic heterocycles. The number of fused-ring (bicyclic) bond motifs is 2. The van der Waals surface area contributed by atoms with Crippen LogP contribution in [-0.4, -0.2) is 11.5 Å². The van der Waals surface area contributed by atoms with Gasteiger partial charge in [-0.2, -0.15) is 0 Å². The predicted molar refractivity (Wildman–Crippen MR) is 106 cm³/mol. The predicted octanol–water partition coefficient (Wildman–Crippen LogP) is 5.62. The number of hydrogen-bond acceptors (Lipinski definition) is 2. The van der Waals surface area contributed by atoms with Crippen LogP contribution in [0.25, 0.3) is 10.8 Å².